The summed E-state index contributed by atoms with van der Waals surface area (Å²) >= 11 is 0. The van der Waals surface area contributed by atoms with Crippen LogP contribution >= 0.6 is 0 Å². The van der Waals surface area contributed by atoms with Gasteiger partial charge >= 0.3 is 0 Å². The van der Waals surface area contributed by atoms with Crippen LogP contribution in [-0.2, 0) is 6.42 Å². The molecule has 1 saturated carbocycles. The zero-order chi connectivity index (χ0) is 13.8. The molecule has 0 radical (unpaired) electrons. The van der Waals surface area contributed by atoms with Crippen LogP contribution < -0.4 is 5.73 Å². The Labute approximate surface area is 114 Å². The minimum Gasteiger partial charge on any atom is -0.469 e. The van der Waals surface area contributed by atoms with Crippen molar-refractivity contribution in [3.63, 3.8) is 0 Å². The first-order chi connectivity index (χ1) is 9.17. The highest BCUT2D eigenvalue weighted by Gasteiger charge is 2.28. The van der Waals surface area contributed by atoms with Crippen molar-refractivity contribution in [2.75, 3.05) is 6.54 Å². The Kier molecular flexibility index (Phi) is 4.64. The number of carbonyl (C=O) groups is 1. The summed E-state index contributed by atoms with van der Waals surface area (Å²) in [4.78, 5) is 14.6. The van der Waals surface area contributed by atoms with Crippen molar-refractivity contribution < 1.29 is 9.21 Å². The summed E-state index contributed by atoms with van der Waals surface area (Å²) in [6.45, 7) is 4.79. The number of nitrogens with zero attached hydrogens (tertiary/aromatic N) is 1. The van der Waals surface area contributed by atoms with Crippen LogP contribution in [0.2, 0.25) is 0 Å². The zero-order valence-corrected chi connectivity index (χ0v) is 11.9. The van der Waals surface area contributed by atoms with Gasteiger partial charge in [0.05, 0.1) is 11.8 Å². The number of nitrogens with two attached hydrogens (primary N) is 1. The Balaban J connectivity index is 2.11. The van der Waals surface area contributed by atoms with E-state index in [1.54, 1.807) is 12.3 Å². The third kappa shape index (κ3) is 3.00. The number of furan rings is 1. The molecule has 4 heteroatoms. The molecular weight excluding hydrogens is 240 g/mol. The molecule has 2 N–H and O–H groups in total. The maximum atomic E-state index is 12.6. The highest BCUT2D eigenvalue weighted by atomic mass is 16.3. The first-order valence-corrected chi connectivity index (χ1v) is 7.30. The van der Waals surface area contributed by atoms with Gasteiger partial charge in [-0.2, -0.15) is 0 Å². The predicted octanol–water partition coefficient (Wildman–Crippen LogP) is 2.57. The second-order valence-electron chi connectivity index (χ2n) is 5.27. The van der Waals surface area contributed by atoms with Gasteiger partial charge < -0.3 is 15.1 Å². The van der Waals surface area contributed by atoms with Gasteiger partial charge in [0.1, 0.15) is 5.76 Å². The molecule has 1 aromatic rings. The van der Waals surface area contributed by atoms with Crippen LogP contribution in [0.1, 0.15) is 55.6 Å². The van der Waals surface area contributed by atoms with Gasteiger partial charge in [-0.15, -0.1) is 0 Å². The van der Waals surface area contributed by atoms with Gasteiger partial charge in [0.25, 0.3) is 5.91 Å². The topological polar surface area (TPSA) is 59.5 Å². The normalized spacial score (nSPS) is 23.3. The maximum absolute atomic E-state index is 12.6. The van der Waals surface area contributed by atoms with Crippen molar-refractivity contribution in [3.8, 4) is 0 Å². The van der Waals surface area contributed by atoms with Crippen LogP contribution in [0.3, 0.4) is 0 Å². The van der Waals surface area contributed by atoms with E-state index in [1.165, 1.54) is 0 Å². The van der Waals surface area contributed by atoms with Gasteiger partial charge in [-0.25, -0.2) is 0 Å². The molecule has 106 valence electrons. The highest BCUT2D eigenvalue weighted by molar-refractivity contribution is 5.95. The fourth-order valence-electron chi connectivity index (χ4n) is 2.94. The lowest BCUT2D eigenvalue weighted by molar-refractivity contribution is 0.0638. The zero-order valence-electron chi connectivity index (χ0n) is 11.9. The lowest BCUT2D eigenvalue weighted by Gasteiger charge is -2.35. The number of carbonyl (C=O) groups excluding carboxylic acids is 1. The minimum atomic E-state index is 0.105. The maximum Gasteiger partial charge on any atom is 0.257 e. The van der Waals surface area contributed by atoms with Gasteiger partial charge in [-0.05, 0) is 38.7 Å². The smallest absolute Gasteiger partial charge is 0.257 e. The monoisotopic (exact) mass is 264 g/mol. The lowest BCUT2D eigenvalue weighted by atomic mass is 9.90. The second kappa shape index (κ2) is 6.24. The van der Waals surface area contributed by atoms with Crippen molar-refractivity contribution >= 4 is 5.91 Å². The Morgan fingerprint density at radius 2 is 2.05 bits per heavy atom. The molecule has 1 heterocycles. The van der Waals surface area contributed by atoms with E-state index in [1.807, 2.05) is 18.7 Å². The van der Waals surface area contributed by atoms with Crippen molar-refractivity contribution in [1.82, 2.24) is 4.90 Å². The standard InChI is InChI=1S/C15H24N2O2/c1-3-14-13(9-10-19-14)15(18)17(4-2)12-7-5-11(16)6-8-12/h9-12H,3-8,16H2,1-2H3. The Morgan fingerprint density at radius 3 is 2.63 bits per heavy atom. The average Bonchev–Trinajstić information content (AvgIpc) is 2.90. The number of rotatable bonds is 4. The summed E-state index contributed by atoms with van der Waals surface area (Å²) in [5.41, 5.74) is 6.66. The first kappa shape index (κ1) is 14.1. The van der Waals surface area contributed by atoms with E-state index in [-0.39, 0.29) is 5.91 Å². The Morgan fingerprint density at radius 1 is 1.37 bits per heavy atom. The minimum absolute atomic E-state index is 0.105. The van der Waals surface area contributed by atoms with E-state index in [0.29, 0.717) is 12.1 Å². The van der Waals surface area contributed by atoms with Crippen molar-refractivity contribution in [2.24, 2.45) is 5.73 Å². The molecule has 0 aromatic carbocycles. The molecule has 0 unspecified atom stereocenters. The number of amides is 1. The van der Waals surface area contributed by atoms with Gasteiger partial charge in [-0.3, -0.25) is 4.79 Å². The average molecular weight is 264 g/mol. The Bertz CT molecular complexity index is 420. The predicted molar refractivity (Wildman–Crippen MR) is 75.0 cm³/mol. The summed E-state index contributed by atoms with van der Waals surface area (Å²) in [6.07, 6.45) is 6.42. The number of hydrogen-bond donors (Lipinski definition) is 1. The second-order valence-corrected chi connectivity index (χ2v) is 5.27. The van der Waals surface area contributed by atoms with E-state index >= 15 is 0 Å². The quantitative estimate of drug-likeness (QED) is 0.909. The summed E-state index contributed by atoms with van der Waals surface area (Å²) in [5, 5.41) is 0. The van der Waals surface area contributed by atoms with E-state index in [2.05, 4.69) is 0 Å². The molecular formula is C15H24N2O2. The van der Waals surface area contributed by atoms with Gasteiger partial charge in [0, 0.05) is 25.0 Å². The molecule has 1 fully saturated rings. The van der Waals surface area contributed by atoms with Crippen LogP contribution in [0.5, 0.6) is 0 Å². The molecule has 19 heavy (non-hydrogen) atoms. The molecule has 0 bridgehead atoms. The van der Waals surface area contributed by atoms with Crippen LogP contribution in [-0.4, -0.2) is 29.4 Å². The van der Waals surface area contributed by atoms with Gasteiger partial charge in [-0.1, -0.05) is 6.92 Å². The van der Waals surface area contributed by atoms with E-state index in [4.69, 9.17) is 10.2 Å². The third-order valence-electron chi connectivity index (χ3n) is 4.08. The van der Waals surface area contributed by atoms with Crippen LogP contribution in [0, 0.1) is 0 Å². The fraction of sp³-hybridized carbons (Fsp3) is 0.667. The summed E-state index contributed by atoms with van der Waals surface area (Å²) < 4.78 is 5.37. The molecule has 0 saturated heterocycles. The van der Waals surface area contributed by atoms with E-state index < -0.39 is 0 Å². The molecule has 1 aliphatic carbocycles. The van der Waals surface area contributed by atoms with E-state index in [9.17, 15) is 4.79 Å². The Hall–Kier alpha value is -1.29. The largest absolute Gasteiger partial charge is 0.469 e. The van der Waals surface area contributed by atoms with Crippen molar-refractivity contribution in [1.29, 1.82) is 0 Å². The van der Waals surface area contributed by atoms with E-state index in [0.717, 1.165) is 50.0 Å². The summed E-state index contributed by atoms with van der Waals surface area (Å²) in [5.74, 6) is 0.893. The SMILES string of the molecule is CCc1occc1C(=O)N(CC)C1CCC(N)CC1. The molecule has 1 aromatic heterocycles. The van der Waals surface area contributed by atoms with Crippen molar-refractivity contribution in [2.45, 2.75) is 58.0 Å². The molecule has 0 spiro atoms. The van der Waals surface area contributed by atoms with Crippen molar-refractivity contribution in [3.05, 3.63) is 23.7 Å². The summed E-state index contributed by atoms with van der Waals surface area (Å²) in [6, 6.07) is 2.43. The van der Waals surface area contributed by atoms with Crippen LogP contribution in [0.15, 0.2) is 16.7 Å². The van der Waals surface area contributed by atoms with Gasteiger partial charge in [0.15, 0.2) is 0 Å². The number of aryl methyl sites for hydroxylation is 1. The number of hydrogen-bond acceptors (Lipinski definition) is 3. The highest BCUT2D eigenvalue weighted by Crippen LogP contribution is 2.24. The molecule has 1 aliphatic rings. The third-order valence-corrected chi connectivity index (χ3v) is 4.08. The van der Waals surface area contributed by atoms with Gasteiger partial charge in [0.2, 0.25) is 0 Å². The summed E-state index contributed by atoms with van der Waals surface area (Å²) in [7, 11) is 0. The first-order valence-electron chi connectivity index (χ1n) is 7.30. The van der Waals surface area contributed by atoms with Crippen LogP contribution in [0.4, 0.5) is 0 Å². The molecule has 4 nitrogen and oxygen atoms in total. The molecule has 1 amide bonds. The molecule has 0 aliphatic heterocycles. The van der Waals surface area contributed by atoms with Crippen LogP contribution in [0.25, 0.3) is 0 Å². The lowest BCUT2D eigenvalue weighted by Crippen LogP contribution is -2.44. The molecule has 0 atom stereocenters. The molecule has 2 rings (SSSR count). The fourth-order valence-corrected chi connectivity index (χ4v) is 2.94.